The molecular formula is C88H152N6O28P6. The van der Waals surface area contributed by atoms with Crippen LogP contribution in [-0.4, -0.2) is 180 Å². The summed E-state index contributed by atoms with van der Waals surface area (Å²) in [5, 5.41) is 16.5. The number of nitrogens with one attached hydrogen (secondary N) is 6. The van der Waals surface area contributed by atoms with Gasteiger partial charge in [0.05, 0.1) is 71.5 Å². The highest BCUT2D eigenvalue weighted by atomic mass is 31.2. The first kappa shape index (κ1) is 123. The molecule has 0 aromatic heterocycles. The third-order valence-electron chi connectivity index (χ3n) is 16.0. The van der Waals surface area contributed by atoms with Crippen molar-refractivity contribution in [2.75, 3.05) is 13.2 Å². The lowest BCUT2D eigenvalue weighted by Crippen LogP contribution is -2.37. The van der Waals surface area contributed by atoms with Gasteiger partial charge in [-0.1, -0.05) is 156 Å². The zero-order valence-corrected chi connectivity index (χ0v) is 87.0. The third kappa shape index (κ3) is 51.6. The molecule has 6 N–H and O–H groups in total. The number of carbonyl (C=O) groups is 8. The minimum atomic E-state index is -3.39. The number of esters is 8. The van der Waals surface area contributed by atoms with Crippen molar-refractivity contribution < 1.29 is 131 Å². The van der Waals surface area contributed by atoms with Crippen molar-refractivity contribution in [1.29, 1.82) is 0 Å². The van der Waals surface area contributed by atoms with Crippen LogP contribution >= 0.6 is 45.1 Å². The van der Waals surface area contributed by atoms with Crippen LogP contribution in [0.15, 0.2) is 121 Å². The first-order valence-electron chi connectivity index (χ1n) is 43.1. The molecule has 0 radical (unpaired) electrons. The first-order valence-corrected chi connectivity index (χ1v) is 53.2. The third-order valence-corrected chi connectivity index (χ3v) is 31.6. The summed E-state index contributed by atoms with van der Waals surface area (Å²) in [5.74, 6) is -2.00. The van der Waals surface area contributed by atoms with Crippen molar-refractivity contribution in [3.63, 3.8) is 0 Å². The van der Waals surface area contributed by atoms with Crippen LogP contribution in [0.5, 0.6) is 23.0 Å². The molecule has 0 aliphatic heterocycles. The SMILES string of the molecule is CC(C)OC(=O)CO[P@@](=O)(N[C@@H](C)C(=O)OC(C)C)C(C)C.CC(C)OC(=O)CO[P@](=O)(N[C@@H](C)C(=O)OC(C)C)C(C)C.CC(C)OC(=O)[C@H](C)N[P@@](=O)(Oc1ccccc1)C(C)C.CC(C)OC(=O)[C@H](C)N[P@@](=O)(Oc1ccccc1)C(C)C.CC(C)OC(=O)[C@H](C)N[P@](=O)(Oc1ccccc1)C(C)C.CC(C)OC(=O)[C@H](C)N[P@](=O)(Oc1ccccc1)C(C)C. The van der Waals surface area contributed by atoms with Crippen LogP contribution < -0.4 is 48.6 Å². The monoisotopic (exact) mass is 1930 g/mol. The van der Waals surface area contributed by atoms with Crippen molar-refractivity contribution in [3.8, 4) is 23.0 Å². The molecule has 12 atom stereocenters. The average Bonchev–Trinajstić information content (AvgIpc) is 0.845. The highest BCUT2D eigenvalue weighted by Crippen LogP contribution is 2.53. The van der Waals surface area contributed by atoms with Crippen molar-refractivity contribution in [2.45, 2.75) is 354 Å². The van der Waals surface area contributed by atoms with E-state index < -0.39 is 154 Å². The highest BCUT2D eigenvalue weighted by molar-refractivity contribution is 7.59. The topological polar surface area (TPSA) is 440 Å². The minimum Gasteiger partial charge on any atom is -0.462 e. The van der Waals surface area contributed by atoms with Gasteiger partial charge in [0.15, 0.2) is 13.2 Å². The Morgan fingerprint density at radius 2 is 0.344 bits per heavy atom. The summed E-state index contributed by atoms with van der Waals surface area (Å²) >= 11 is 0. The molecule has 0 spiro atoms. The van der Waals surface area contributed by atoms with E-state index in [0.29, 0.717) is 23.0 Å². The Morgan fingerprint density at radius 3 is 0.469 bits per heavy atom. The minimum absolute atomic E-state index is 0.213. The van der Waals surface area contributed by atoms with E-state index in [4.69, 9.17) is 65.0 Å². The predicted octanol–water partition coefficient (Wildman–Crippen LogP) is 19.4. The molecule has 0 aliphatic rings. The predicted molar refractivity (Wildman–Crippen MR) is 502 cm³/mol. The van der Waals surface area contributed by atoms with E-state index in [-0.39, 0.29) is 71.5 Å². The summed E-state index contributed by atoms with van der Waals surface area (Å²) in [6.07, 6.45) is -1.94. The van der Waals surface area contributed by atoms with Gasteiger partial charge in [-0.3, -0.25) is 56.2 Å². The van der Waals surface area contributed by atoms with E-state index >= 15 is 0 Å². The fraction of sp³-hybridized carbons (Fsp3) is 0.636. The van der Waals surface area contributed by atoms with Crippen molar-refractivity contribution in [1.82, 2.24) is 30.5 Å². The number of benzene rings is 4. The molecule has 0 heterocycles. The highest BCUT2D eigenvalue weighted by Gasteiger charge is 2.40. The van der Waals surface area contributed by atoms with Crippen LogP contribution in [0.1, 0.15) is 235 Å². The number of hydrogen-bond donors (Lipinski definition) is 6. The number of carbonyl (C=O) groups excluding carboxylic acids is 8. The fourth-order valence-electron chi connectivity index (χ4n) is 9.18. The zero-order valence-electron chi connectivity index (χ0n) is 81.6. The molecule has 40 heteroatoms. The largest absolute Gasteiger partial charge is 0.462 e. The molecule has 0 unspecified atom stereocenters. The van der Waals surface area contributed by atoms with Crippen LogP contribution in [-0.2, 0) is 113 Å². The molecule has 4 rings (SSSR count). The zero-order chi connectivity index (χ0) is 99.2. The maximum atomic E-state index is 12.9. The van der Waals surface area contributed by atoms with E-state index in [1.807, 2.05) is 24.3 Å². The number of para-hydroxylation sites is 4. The normalized spacial score (nSPS) is 15.6. The van der Waals surface area contributed by atoms with Gasteiger partial charge in [0.2, 0.25) is 0 Å². The van der Waals surface area contributed by atoms with Gasteiger partial charge in [-0.15, -0.1) is 0 Å². The fourth-order valence-corrected chi connectivity index (χ4v) is 19.0. The van der Waals surface area contributed by atoms with E-state index in [1.165, 1.54) is 13.8 Å². The maximum Gasteiger partial charge on any atom is 0.332 e. The molecular weight excluding hydrogens is 1770 g/mol. The average molecular weight is 1930 g/mol. The van der Waals surface area contributed by atoms with Gasteiger partial charge in [-0.25, -0.2) is 40.1 Å². The Morgan fingerprint density at radius 1 is 0.211 bits per heavy atom. The Labute approximate surface area is 762 Å². The van der Waals surface area contributed by atoms with Gasteiger partial charge in [0, 0.05) is 11.3 Å². The lowest BCUT2D eigenvalue weighted by Gasteiger charge is -2.26. The van der Waals surface area contributed by atoms with E-state index in [0.717, 1.165) is 0 Å². The van der Waals surface area contributed by atoms with Gasteiger partial charge in [-0.2, -0.15) is 0 Å². The van der Waals surface area contributed by atoms with Crippen LogP contribution in [0.4, 0.5) is 0 Å². The Bertz CT molecular complexity index is 3770. The van der Waals surface area contributed by atoms with E-state index in [9.17, 15) is 65.7 Å². The molecule has 128 heavy (non-hydrogen) atoms. The second kappa shape index (κ2) is 60.9. The lowest BCUT2D eigenvalue weighted by atomic mass is 10.3. The van der Waals surface area contributed by atoms with Gasteiger partial charge >= 0.3 is 77.8 Å². The molecule has 0 amide bonds. The molecule has 732 valence electrons. The number of hydrogen-bond acceptors (Lipinski definition) is 28. The van der Waals surface area contributed by atoms with E-state index in [1.54, 1.807) is 319 Å². The van der Waals surface area contributed by atoms with Crippen LogP contribution in [0.3, 0.4) is 0 Å². The summed E-state index contributed by atoms with van der Waals surface area (Å²) in [6.45, 7) is 57.6. The molecule has 4 aromatic carbocycles. The van der Waals surface area contributed by atoms with Gasteiger partial charge in [-0.05, 0) is 201 Å². The molecule has 0 fully saturated rings. The Balaban J connectivity index is 0. The van der Waals surface area contributed by atoms with Crippen molar-refractivity contribution >= 4 is 92.9 Å². The van der Waals surface area contributed by atoms with Crippen molar-refractivity contribution in [3.05, 3.63) is 121 Å². The quantitative estimate of drug-likeness (QED) is 0.0136. The van der Waals surface area contributed by atoms with Crippen molar-refractivity contribution in [2.24, 2.45) is 0 Å². The smallest absolute Gasteiger partial charge is 0.332 e. The molecule has 0 aliphatic carbocycles. The number of ether oxygens (including phenoxy) is 8. The molecule has 0 saturated carbocycles. The van der Waals surface area contributed by atoms with Gasteiger partial charge in [0.1, 0.15) is 59.2 Å². The van der Waals surface area contributed by atoms with Crippen LogP contribution in [0.25, 0.3) is 0 Å². The van der Waals surface area contributed by atoms with Crippen LogP contribution in [0.2, 0.25) is 0 Å². The standard InChI is InChI=1S/4C15H24NO4P.2C14H28NO6P/c4*1-11(2)19-15(17)13(5)16-21(18,12(3)4)20-14-9-7-6-8-10-14;2*1-9(2)20-13(16)8-19-22(18,11(5)6)15-12(7)14(17)21-10(3)4/h4*6-13H,1-5H3,(H,16,18);2*9-12H,8H2,1-7H3,(H,15,18)/t2*13-,21+;2*13-,21-;12-,22+;12-,22-/m000000/s1. The van der Waals surface area contributed by atoms with E-state index in [2.05, 4.69) is 30.5 Å². The molecule has 0 saturated heterocycles. The molecule has 34 nitrogen and oxygen atoms in total. The number of rotatable bonds is 46. The maximum absolute atomic E-state index is 12.9. The summed E-state index contributed by atoms with van der Waals surface area (Å²) in [4.78, 5) is 93.9. The second-order valence-corrected chi connectivity index (χ2v) is 49.6. The van der Waals surface area contributed by atoms with Gasteiger partial charge in [0.25, 0.3) is 15.0 Å². The summed E-state index contributed by atoms with van der Waals surface area (Å²) < 4.78 is 151. The molecule has 4 aromatic rings. The second-order valence-electron chi connectivity index (χ2n) is 33.4. The summed E-state index contributed by atoms with van der Waals surface area (Å²) in [6, 6.07) is 31.2. The lowest BCUT2D eigenvalue weighted by molar-refractivity contribution is -0.151. The summed E-state index contributed by atoms with van der Waals surface area (Å²) in [7, 11) is -19.7. The Hall–Kier alpha value is -7.10. The van der Waals surface area contributed by atoms with Gasteiger partial charge < -0.3 is 65.0 Å². The molecule has 0 bridgehead atoms. The first-order chi connectivity index (χ1) is 58.9. The summed E-state index contributed by atoms with van der Waals surface area (Å²) in [5.41, 5.74) is -1.90. The van der Waals surface area contributed by atoms with Crippen LogP contribution in [0, 0.1) is 0 Å². The Kier molecular flexibility index (Phi) is 58.4.